The van der Waals surface area contributed by atoms with Gasteiger partial charge in [-0.1, -0.05) is 0 Å². The highest BCUT2D eigenvalue weighted by Gasteiger charge is 2.21. The standard InChI is InChI=1S/C6H7N3O/c1-3-8-4-2-7-6(10)5(4)9-3/h2H2,1H3,(H,7,10)(H,8,9). The first kappa shape index (κ1) is 5.46. The minimum Gasteiger partial charge on any atom is -0.345 e. The van der Waals surface area contributed by atoms with E-state index in [4.69, 9.17) is 0 Å². The molecule has 1 aliphatic heterocycles. The van der Waals surface area contributed by atoms with Crippen molar-refractivity contribution in [1.29, 1.82) is 0 Å². The van der Waals surface area contributed by atoms with Crippen LogP contribution in [0.4, 0.5) is 0 Å². The van der Waals surface area contributed by atoms with E-state index in [2.05, 4.69) is 15.3 Å². The number of nitrogens with one attached hydrogen (secondary N) is 2. The van der Waals surface area contributed by atoms with Gasteiger partial charge in [0.25, 0.3) is 5.91 Å². The summed E-state index contributed by atoms with van der Waals surface area (Å²) in [6.45, 7) is 2.43. The molecule has 1 aliphatic rings. The molecule has 0 saturated heterocycles. The Balaban J connectivity index is 2.59. The largest absolute Gasteiger partial charge is 0.345 e. The average molecular weight is 137 g/mol. The highest BCUT2D eigenvalue weighted by atomic mass is 16.2. The van der Waals surface area contributed by atoms with E-state index in [-0.39, 0.29) is 5.91 Å². The summed E-state index contributed by atoms with van der Waals surface area (Å²) in [6, 6.07) is 0. The van der Waals surface area contributed by atoms with Gasteiger partial charge in [-0.15, -0.1) is 0 Å². The van der Waals surface area contributed by atoms with Gasteiger partial charge < -0.3 is 10.3 Å². The van der Waals surface area contributed by atoms with Crippen LogP contribution in [0, 0.1) is 6.92 Å². The summed E-state index contributed by atoms with van der Waals surface area (Å²) in [5.41, 5.74) is 1.46. The highest BCUT2D eigenvalue weighted by molar-refractivity contribution is 5.95. The Labute approximate surface area is 57.7 Å². The molecule has 1 amide bonds. The zero-order valence-electron chi connectivity index (χ0n) is 5.56. The molecule has 1 aromatic rings. The van der Waals surface area contributed by atoms with E-state index in [1.807, 2.05) is 6.92 Å². The Bertz CT molecular complexity index is 289. The summed E-state index contributed by atoms with van der Waals surface area (Å²) in [5, 5.41) is 2.66. The molecular weight excluding hydrogens is 130 g/mol. The molecule has 0 aromatic carbocycles. The molecular formula is C6H7N3O. The fraction of sp³-hybridized carbons (Fsp3) is 0.333. The molecule has 0 fully saturated rings. The number of fused-ring (bicyclic) bond motifs is 1. The third-order valence-corrected chi connectivity index (χ3v) is 1.54. The number of imidazole rings is 1. The SMILES string of the molecule is Cc1nc2c([nH]1)CNC2=O. The van der Waals surface area contributed by atoms with Crippen molar-refractivity contribution in [1.82, 2.24) is 15.3 Å². The number of carbonyl (C=O) groups is 1. The lowest BCUT2D eigenvalue weighted by atomic mass is 10.4. The molecule has 4 nitrogen and oxygen atoms in total. The highest BCUT2D eigenvalue weighted by Crippen LogP contribution is 2.10. The van der Waals surface area contributed by atoms with Crippen LogP contribution in [0.1, 0.15) is 22.0 Å². The number of rotatable bonds is 0. The van der Waals surface area contributed by atoms with Gasteiger partial charge in [0, 0.05) is 0 Å². The summed E-state index contributed by atoms with van der Waals surface area (Å²) in [6.07, 6.45) is 0. The number of aromatic amines is 1. The molecule has 52 valence electrons. The Kier molecular flexibility index (Phi) is 0.869. The Morgan fingerprint density at radius 1 is 1.60 bits per heavy atom. The first-order valence-electron chi connectivity index (χ1n) is 3.11. The fourth-order valence-electron chi connectivity index (χ4n) is 1.11. The Morgan fingerprint density at radius 2 is 2.40 bits per heavy atom. The van der Waals surface area contributed by atoms with Gasteiger partial charge in [-0.25, -0.2) is 4.98 Å². The normalized spacial score (nSPS) is 15.1. The maximum Gasteiger partial charge on any atom is 0.272 e. The minimum absolute atomic E-state index is 0.0700. The number of aryl methyl sites for hydroxylation is 1. The van der Waals surface area contributed by atoms with Gasteiger partial charge in [-0.2, -0.15) is 0 Å². The monoisotopic (exact) mass is 137 g/mol. The minimum atomic E-state index is -0.0700. The van der Waals surface area contributed by atoms with E-state index in [9.17, 15) is 4.79 Å². The molecule has 4 heteroatoms. The number of nitrogens with zero attached hydrogens (tertiary/aromatic N) is 1. The quantitative estimate of drug-likeness (QED) is 0.527. The van der Waals surface area contributed by atoms with E-state index in [1.165, 1.54) is 0 Å². The van der Waals surface area contributed by atoms with Gasteiger partial charge in [-0.3, -0.25) is 4.79 Å². The lowest BCUT2D eigenvalue weighted by molar-refractivity contribution is 0.0961. The van der Waals surface area contributed by atoms with Crippen molar-refractivity contribution in [2.24, 2.45) is 0 Å². The van der Waals surface area contributed by atoms with Crippen molar-refractivity contribution in [3.63, 3.8) is 0 Å². The number of H-pyrrole nitrogens is 1. The van der Waals surface area contributed by atoms with Gasteiger partial charge in [0.1, 0.15) is 5.82 Å². The molecule has 0 bridgehead atoms. The average Bonchev–Trinajstić information content (AvgIpc) is 2.35. The molecule has 0 saturated carbocycles. The van der Waals surface area contributed by atoms with Gasteiger partial charge in [0.15, 0.2) is 5.69 Å². The summed E-state index contributed by atoms with van der Waals surface area (Å²) in [7, 11) is 0. The van der Waals surface area contributed by atoms with Crippen molar-refractivity contribution in [2.75, 3.05) is 0 Å². The second-order valence-electron chi connectivity index (χ2n) is 2.33. The van der Waals surface area contributed by atoms with E-state index in [0.717, 1.165) is 11.5 Å². The molecule has 0 atom stereocenters. The summed E-state index contributed by atoms with van der Waals surface area (Å²) in [4.78, 5) is 17.9. The number of carbonyl (C=O) groups excluding carboxylic acids is 1. The molecule has 2 N–H and O–H groups in total. The van der Waals surface area contributed by atoms with E-state index >= 15 is 0 Å². The van der Waals surface area contributed by atoms with Crippen LogP contribution in [0.3, 0.4) is 0 Å². The van der Waals surface area contributed by atoms with Crippen molar-refractivity contribution in [2.45, 2.75) is 13.5 Å². The van der Waals surface area contributed by atoms with Crippen molar-refractivity contribution < 1.29 is 4.79 Å². The Morgan fingerprint density at radius 3 is 3.10 bits per heavy atom. The predicted molar refractivity (Wildman–Crippen MR) is 34.5 cm³/mol. The van der Waals surface area contributed by atoms with Crippen LogP contribution in [0.15, 0.2) is 0 Å². The topological polar surface area (TPSA) is 57.8 Å². The van der Waals surface area contributed by atoms with Crippen LogP contribution < -0.4 is 5.32 Å². The smallest absolute Gasteiger partial charge is 0.272 e. The molecule has 0 spiro atoms. The summed E-state index contributed by atoms with van der Waals surface area (Å²) in [5.74, 6) is 0.735. The van der Waals surface area contributed by atoms with Gasteiger partial charge in [-0.05, 0) is 6.92 Å². The summed E-state index contributed by atoms with van der Waals surface area (Å²) >= 11 is 0. The van der Waals surface area contributed by atoms with Crippen molar-refractivity contribution in [3.05, 3.63) is 17.2 Å². The Hall–Kier alpha value is -1.32. The van der Waals surface area contributed by atoms with Crippen LogP contribution in [-0.2, 0) is 6.54 Å². The summed E-state index contributed by atoms with van der Waals surface area (Å²) < 4.78 is 0. The van der Waals surface area contributed by atoms with Gasteiger partial charge >= 0.3 is 0 Å². The van der Waals surface area contributed by atoms with E-state index in [1.54, 1.807) is 0 Å². The number of aromatic nitrogens is 2. The molecule has 1 aromatic heterocycles. The zero-order valence-corrected chi connectivity index (χ0v) is 5.56. The number of amides is 1. The zero-order chi connectivity index (χ0) is 7.14. The molecule has 0 radical (unpaired) electrons. The molecule has 10 heavy (non-hydrogen) atoms. The molecule has 0 aliphatic carbocycles. The lowest BCUT2D eigenvalue weighted by Gasteiger charge is -1.87. The fourth-order valence-corrected chi connectivity index (χ4v) is 1.11. The van der Waals surface area contributed by atoms with Crippen molar-refractivity contribution >= 4 is 5.91 Å². The number of hydrogen-bond donors (Lipinski definition) is 2. The first-order valence-corrected chi connectivity index (χ1v) is 3.11. The second kappa shape index (κ2) is 1.59. The third-order valence-electron chi connectivity index (χ3n) is 1.54. The molecule has 2 heterocycles. The third kappa shape index (κ3) is 0.556. The molecule has 0 unspecified atom stereocenters. The van der Waals surface area contributed by atoms with E-state index < -0.39 is 0 Å². The maximum atomic E-state index is 10.9. The second-order valence-corrected chi connectivity index (χ2v) is 2.33. The van der Waals surface area contributed by atoms with Gasteiger partial charge in [0.2, 0.25) is 0 Å². The van der Waals surface area contributed by atoms with Gasteiger partial charge in [0.05, 0.1) is 12.2 Å². The van der Waals surface area contributed by atoms with Crippen LogP contribution in [0.25, 0.3) is 0 Å². The van der Waals surface area contributed by atoms with Crippen LogP contribution in [0.2, 0.25) is 0 Å². The maximum absolute atomic E-state index is 10.9. The number of hydrogen-bond acceptors (Lipinski definition) is 2. The molecule has 2 rings (SSSR count). The van der Waals surface area contributed by atoms with Crippen LogP contribution in [-0.4, -0.2) is 15.9 Å². The van der Waals surface area contributed by atoms with Crippen molar-refractivity contribution in [3.8, 4) is 0 Å². The van der Waals surface area contributed by atoms with E-state index in [0.29, 0.717) is 12.2 Å². The lowest BCUT2D eigenvalue weighted by Crippen LogP contribution is -2.14. The van der Waals surface area contributed by atoms with Crippen LogP contribution in [0.5, 0.6) is 0 Å². The van der Waals surface area contributed by atoms with Crippen LogP contribution >= 0.6 is 0 Å². The predicted octanol–water partition coefficient (Wildman–Crippen LogP) is -0.0385. The first-order chi connectivity index (χ1) is 4.77.